The van der Waals surface area contributed by atoms with Crippen LogP contribution in [0.4, 0.5) is 13.2 Å². The first-order valence-electron chi connectivity index (χ1n) is 16.8. The summed E-state index contributed by atoms with van der Waals surface area (Å²) in [6, 6.07) is -0.394. The lowest BCUT2D eigenvalue weighted by Crippen LogP contribution is -2.74. The van der Waals surface area contributed by atoms with Gasteiger partial charge in [-0.15, -0.1) is 0 Å². The third kappa shape index (κ3) is 4.89. The van der Waals surface area contributed by atoms with Gasteiger partial charge in [-0.1, -0.05) is 20.8 Å². The highest BCUT2D eigenvalue weighted by Gasteiger charge is 2.69. The van der Waals surface area contributed by atoms with Crippen LogP contribution in [0.2, 0.25) is 0 Å². The second-order valence-corrected chi connectivity index (χ2v) is 15.6. The number of benzene rings is 1. The molecule has 0 heterocycles. The zero-order valence-electron chi connectivity index (χ0n) is 27.9. The molecule has 13 heteroatoms. The summed E-state index contributed by atoms with van der Waals surface area (Å²) in [6.45, 7) is 7.36. The molecule has 1 amide bonds. The molecular formula is C35H44F3N3O7. The monoisotopic (exact) mass is 675 g/mol. The predicted molar refractivity (Wildman–Crippen MR) is 165 cm³/mol. The van der Waals surface area contributed by atoms with Crippen LogP contribution in [0.5, 0.6) is 5.75 Å². The number of carbonyl (C=O) groups is 5. The zero-order chi connectivity index (χ0) is 35.4. The summed E-state index contributed by atoms with van der Waals surface area (Å²) >= 11 is 0. The summed E-state index contributed by atoms with van der Waals surface area (Å²) < 4.78 is 45.1. The number of likely N-dealkylation sites (N-methyl/N-ethyl adjacent to an activating group) is 1. The Labute approximate surface area is 277 Å². The minimum Gasteiger partial charge on any atom is -0.507 e. The van der Waals surface area contributed by atoms with Gasteiger partial charge in [0.05, 0.1) is 23.1 Å². The van der Waals surface area contributed by atoms with E-state index in [4.69, 9.17) is 5.73 Å². The van der Waals surface area contributed by atoms with Crippen LogP contribution < -0.4 is 5.73 Å². The first kappa shape index (κ1) is 34.7. The van der Waals surface area contributed by atoms with Crippen LogP contribution in [-0.4, -0.2) is 87.9 Å². The number of hydrogen-bond donors (Lipinski definition) is 3. The highest BCUT2D eigenvalue weighted by Crippen LogP contribution is 2.61. The van der Waals surface area contributed by atoms with Crippen molar-refractivity contribution >= 4 is 29.0 Å². The number of alkyl halides is 3. The van der Waals surface area contributed by atoms with E-state index in [1.165, 1.54) is 19.0 Å². The molecule has 262 valence electrons. The number of nitrogens with zero attached hydrogens (tertiary/aromatic N) is 2. The second kappa shape index (κ2) is 11.4. The molecule has 0 saturated heterocycles. The highest BCUT2D eigenvalue weighted by atomic mass is 19.4. The second-order valence-electron chi connectivity index (χ2n) is 15.6. The molecule has 9 atom stereocenters. The normalized spacial score (nSPS) is 35.6. The fourth-order valence-corrected chi connectivity index (χ4v) is 10.3. The number of primary amides is 1. The summed E-state index contributed by atoms with van der Waals surface area (Å²) in [5.74, 6) is -11.8. The van der Waals surface area contributed by atoms with Gasteiger partial charge in [-0.2, -0.15) is 13.2 Å². The number of ketones is 4. The number of rotatable bonds is 7. The van der Waals surface area contributed by atoms with E-state index in [0.29, 0.717) is 30.8 Å². The van der Waals surface area contributed by atoms with E-state index in [1.807, 2.05) is 11.8 Å². The van der Waals surface area contributed by atoms with Crippen LogP contribution >= 0.6 is 0 Å². The van der Waals surface area contributed by atoms with Crippen molar-refractivity contribution in [2.24, 2.45) is 52.6 Å². The Kier molecular flexibility index (Phi) is 8.27. The van der Waals surface area contributed by atoms with Crippen molar-refractivity contribution < 1.29 is 47.4 Å². The summed E-state index contributed by atoms with van der Waals surface area (Å²) in [4.78, 5) is 70.2. The van der Waals surface area contributed by atoms with Crippen LogP contribution in [0, 0.1) is 46.8 Å². The molecular weight excluding hydrogens is 631 g/mol. The number of hydrogen-bond acceptors (Lipinski definition) is 9. The molecule has 4 N–H and O–H groups in total. The molecule has 4 unspecified atom stereocenters. The minimum atomic E-state index is -4.91. The molecule has 2 bridgehead atoms. The molecule has 7 rings (SSSR count). The van der Waals surface area contributed by atoms with Crippen molar-refractivity contribution in [3.63, 3.8) is 0 Å². The van der Waals surface area contributed by atoms with Crippen molar-refractivity contribution in [2.75, 3.05) is 27.2 Å². The van der Waals surface area contributed by atoms with Gasteiger partial charge in [0.15, 0.2) is 34.7 Å². The SMILES string of the molecule is CCN(Cc1cc(O)c2c(c1C(F)(F)F)C[C@H]1C[C@H]3[C@H](N(C)C)C(=O)C(C(N)=O)C(=O)[C@@]3(O)C(=O)C1C2=O)C[C@H]1CCC2CC1C2(C)C. The minimum absolute atomic E-state index is 0.108. The zero-order valence-corrected chi connectivity index (χ0v) is 27.9. The van der Waals surface area contributed by atoms with Gasteiger partial charge in [0.2, 0.25) is 5.91 Å². The fraction of sp³-hybridized carbons (Fsp3) is 0.686. The molecule has 5 saturated carbocycles. The Bertz CT molecular complexity index is 1600. The molecule has 6 aliphatic rings. The lowest BCUT2D eigenvalue weighted by atomic mass is 9.45. The van der Waals surface area contributed by atoms with Gasteiger partial charge in [-0.3, -0.25) is 33.8 Å². The number of amides is 1. The summed E-state index contributed by atoms with van der Waals surface area (Å²) in [7, 11) is 2.88. The molecule has 5 fully saturated rings. The molecule has 10 nitrogen and oxygen atoms in total. The average Bonchev–Trinajstić information content (AvgIpc) is 2.97. The molecule has 0 spiro atoms. The number of aliphatic hydroxyl groups is 1. The van der Waals surface area contributed by atoms with Crippen LogP contribution in [-0.2, 0) is 38.3 Å². The van der Waals surface area contributed by atoms with Gasteiger partial charge in [0.1, 0.15) is 5.75 Å². The number of phenolic OH excluding ortho intramolecular Hbond substituents is 1. The van der Waals surface area contributed by atoms with Crippen molar-refractivity contribution in [1.29, 1.82) is 0 Å². The molecule has 0 radical (unpaired) electrons. The lowest BCUT2D eigenvalue weighted by Gasteiger charge is -2.60. The molecule has 1 aromatic rings. The van der Waals surface area contributed by atoms with E-state index in [2.05, 4.69) is 13.8 Å². The maximum absolute atomic E-state index is 15.0. The maximum atomic E-state index is 15.0. The van der Waals surface area contributed by atoms with Crippen molar-refractivity contribution in [2.45, 2.75) is 77.2 Å². The average molecular weight is 676 g/mol. The van der Waals surface area contributed by atoms with E-state index < -0.39 is 99.4 Å². The lowest BCUT2D eigenvalue weighted by molar-refractivity contribution is -0.181. The van der Waals surface area contributed by atoms with E-state index >= 15 is 13.2 Å². The van der Waals surface area contributed by atoms with Crippen LogP contribution in [0.3, 0.4) is 0 Å². The molecule has 1 aromatic carbocycles. The first-order valence-corrected chi connectivity index (χ1v) is 16.8. The summed E-state index contributed by atoms with van der Waals surface area (Å²) in [6.07, 6.45) is -2.47. The molecule has 0 aromatic heterocycles. The Balaban J connectivity index is 1.39. The van der Waals surface area contributed by atoms with Crippen LogP contribution in [0.15, 0.2) is 6.07 Å². The Hall–Kier alpha value is -3.16. The number of carbonyl (C=O) groups excluding carboxylic acids is 5. The Morgan fingerprint density at radius 1 is 1.06 bits per heavy atom. The third-order valence-corrected chi connectivity index (χ3v) is 12.8. The van der Waals surface area contributed by atoms with Gasteiger partial charge < -0.3 is 15.9 Å². The number of Topliss-reactive ketones (excluding diaryl/α,β-unsaturated/α-hetero) is 4. The molecule has 48 heavy (non-hydrogen) atoms. The topological polar surface area (TPSA) is 158 Å². The fourth-order valence-electron chi connectivity index (χ4n) is 10.3. The van der Waals surface area contributed by atoms with Crippen LogP contribution in [0.25, 0.3) is 0 Å². The van der Waals surface area contributed by atoms with Gasteiger partial charge in [-0.25, -0.2) is 0 Å². The third-order valence-electron chi connectivity index (χ3n) is 12.8. The van der Waals surface area contributed by atoms with Gasteiger partial charge in [-0.05, 0) is 99.0 Å². The Morgan fingerprint density at radius 3 is 2.27 bits per heavy atom. The number of aromatic hydroxyl groups is 1. The maximum Gasteiger partial charge on any atom is 0.417 e. The number of halogens is 3. The van der Waals surface area contributed by atoms with E-state index in [9.17, 15) is 34.2 Å². The quantitative estimate of drug-likeness (QED) is 0.370. The molecule has 6 aliphatic carbocycles. The summed E-state index contributed by atoms with van der Waals surface area (Å²) in [5, 5.41) is 22.9. The number of phenols is 1. The van der Waals surface area contributed by atoms with Crippen molar-refractivity contribution in [3.8, 4) is 5.75 Å². The highest BCUT2D eigenvalue weighted by molar-refractivity contribution is 6.32. The van der Waals surface area contributed by atoms with E-state index in [-0.39, 0.29) is 23.9 Å². The summed E-state index contributed by atoms with van der Waals surface area (Å²) in [5.41, 5.74) is 0.293. The molecule has 0 aliphatic heterocycles. The van der Waals surface area contributed by atoms with Crippen LogP contribution in [0.1, 0.15) is 73.5 Å². The standard InChI is InChI=1S/C35H44F3N3O7/c1-6-41(13-15-7-8-18-12-20(15)33(18,2)3)14-17-11-22(42)24-19(26(17)35(36,37)38)9-16-10-21-27(40(4)5)29(44)25(32(39)47)31(46)34(21,48)30(45)23(16)28(24)43/h11,15-16,18,20-21,23,25,27,42,48H,6-10,12-14H2,1-5H3,(H2,39,47)/t15-,16+,18?,20?,21+,23?,25?,27+,34+/m1/s1. The van der Waals surface area contributed by atoms with E-state index in [0.717, 1.165) is 25.3 Å². The first-order chi connectivity index (χ1) is 22.3. The number of nitrogens with two attached hydrogens (primary N) is 1. The van der Waals surface area contributed by atoms with Crippen molar-refractivity contribution in [3.05, 3.63) is 28.3 Å². The van der Waals surface area contributed by atoms with Gasteiger partial charge >= 0.3 is 6.18 Å². The predicted octanol–water partition coefficient (Wildman–Crippen LogP) is 2.78. The smallest absolute Gasteiger partial charge is 0.417 e. The van der Waals surface area contributed by atoms with E-state index in [1.54, 1.807) is 0 Å². The number of fused-ring (bicyclic) bond motifs is 5. The largest absolute Gasteiger partial charge is 0.507 e. The van der Waals surface area contributed by atoms with Crippen molar-refractivity contribution in [1.82, 2.24) is 9.80 Å². The van der Waals surface area contributed by atoms with Gasteiger partial charge in [0, 0.05) is 19.0 Å². The van der Waals surface area contributed by atoms with Gasteiger partial charge in [0.25, 0.3) is 0 Å². The Morgan fingerprint density at radius 2 is 1.73 bits per heavy atom.